The first-order valence-electron chi connectivity index (χ1n) is 21.7. The van der Waals surface area contributed by atoms with E-state index in [4.69, 9.17) is 14.7 Å². The number of pyridine rings is 2. The number of aliphatic hydroxyl groups is 1. The third kappa shape index (κ3) is 6.03. The van der Waals surface area contributed by atoms with Gasteiger partial charge in [0.15, 0.2) is 0 Å². The van der Waals surface area contributed by atoms with Crippen molar-refractivity contribution in [3.05, 3.63) is 212 Å². The van der Waals surface area contributed by atoms with E-state index in [1.54, 1.807) is 7.11 Å². The predicted molar refractivity (Wildman–Crippen MR) is 267 cm³/mol. The van der Waals surface area contributed by atoms with E-state index >= 15 is 0 Å². The first kappa shape index (κ1) is 37.6. The van der Waals surface area contributed by atoms with Gasteiger partial charge in [-0.15, -0.1) is 0 Å². The van der Waals surface area contributed by atoms with Gasteiger partial charge in [-0.2, -0.15) is 0 Å². The number of nitrogens with zero attached hydrogens (tertiary/aromatic N) is 2. The average Bonchev–Trinajstić information content (AvgIpc) is 3.37. The van der Waals surface area contributed by atoms with Gasteiger partial charge < -0.3 is 9.84 Å². The van der Waals surface area contributed by atoms with Crippen LogP contribution < -0.4 is 4.74 Å². The summed E-state index contributed by atoms with van der Waals surface area (Å²) in [5.74, 6) is 0.615. The summed E-state index contributed by atoms with van der Waals surface area (Å²) in [6.07, 6.45) is 0. The van der Waals surface area contributed by atoms with Crippen LogP contribution >= 0.6 is 0 Å². The SMILES string of the molecule is COc1c(CO)c2ccc(-c3cccc(-c4ccc5c(-c6cccc7ccccc67)c6ccccc6c(-c6cccc7ccccc67)c5c4)c3)nc2c2nc(-c3ccccc3)ccc12. The summed E-state index contributed by atoms with van der Waals surface area (Å²) in [6, 6.07) is 73.5. The monoisotopic (exact) mass is 820 g/mol. The third-order valence-electron chi connectivity index (χ3n) is 12.9. The minimum atomic E-state index is -0.188. The van der Waals surface area contributed by atoms with Gasteiger partial charge in [0.1, 0.15) is 11.3 Å². The van der Waals surface area contributed by atoms with Crippen LogP contribution in [-0.4, -0.2) is 22.2 Å². The normalized spacial score (nSPS) is 11.7. The Balaban J connectivity index is 1.08. The fraction of sp³-hybridized carbons (Fsp3) is 0.0333. The number of aliphatic hydroxyl groups excluding tert-OH is 1. The van der Waals surface area contributed by atoms with Crippen molar-refractivity contribution in [2.24, 2.45) is 0 Å². The Kier molecular flexibility index (Phi) is 8.99. The van der Waals surface area contributed by atoms with Gasteiger partial charge in [0.05, 0.1) is 30.6 Å². The van der Waals surface area contributed by atoms with E-state index < -0.39 is 0 Å². The lowest BCUT2D eigenvalue weighted by Gasteiger charge is -2.20. The second-order valence-electron chi connectivity index (χ2n) is 16.4. The van der Waals surface area contributed by atoms with Gasteiger partial charge >= 0.3 is 0 Å². The van der Waals surface area contributed by atoms with Crippen molar-refractivity contribution in [2.75, 3.05) is 7.11 Å². The lowest BCUT2D eigenvalue weighted by atomic mass is 9.83. The Hall–Kier alpha value is -8.18. The van der Waals surface area contributed by atoms with Gasteiger partial charge in [0.25, 0.3) is 0 Å². The molecule has 0 fully saturated rings. The molecule has 2 heterocycles. The topological polar surface area (TPSA) is 55.2 Å². The van der Waals surface area contributed by atoms with Crippen LogP contribution in [-0.2, 0) is 6.61 Å². The van der Waals surface area contributed by atoms with Gasteiger partial charge in [0.2, 0.25) is 0 Å². The van der Waals surface area contributed by atoms with Gasteiger partial charge in [0, 0.05) is 27.5 Å². The Morgan fingerprint density at radius 2 is 0.844 bits per heavy atom. The summed E-state index contributed by atoms with van der Waals surface area (Å²) >= 11 is 0. The Morgan fingerprint density at radius 3 is 1.50 bits per heavy atom. The number of aromatic nitrogens is 2. The molecule has 1 N–H and O–H groups in total. The lowest BCUT2D eigenvalue weighted by Crippen LogP contribution is -1.99. The Bertz CT molecular complexity index is 3810. The van der Waals surface area contributed by atoms with Crippen LogP contribution in [0.1, 0.15) is 5.56 Å². The molecule has 2 aromatic heterocycles. The molecule has 0 radical (unpaired) electrons. The average molecular weight is 821 g/mol. The number of hydrogen-bond donors (Lipinski definition) is 1. The van der Waals surface area contributed by atoms with Crippen LogP contribution in [0.25, 0.3) is 121 Å². The Morgan fingerprint density at radius 1 is 0.375 bits per heavy atom. The van der Waals surface area contributed by atoms with E-state index in [0.29, 0.717) is 11.3 Å². The zero-order chi connectivity index (χ0) is 42.7. The van der Waals surface area contributed by atoms with E-state index in [-0.39, 0.29) is 6.61 Å². The van der Waals surface area contributed by atoms with Crippen LogP contribution in [0.5, 0.6) is 5.75 Å². The number of ether oxygens (including phenoxy) is 1. The van der Waals surface area contributed by atoms with E-state index in [1.807, 2.05) is 42.5 Å². The maximum Gasteiger partial charge on any atom is 0.134 e. The summed E-state index contributed by atoms with van der Waals surface area (Å²) in [6.45, 7) is -0.188. The van der Waals surface area contributed by atoms with Crippen LogP contribution in [0.3, 0.4) is 0 Å². The molecule has 64 heavy (non-hydrogen) atoms. The molecular weight excluding hydrogens is 781 g/mol. The molecule has 0 saturated carbocycles. The molecule has 4 nitrogen and oxygen atoms in total. The molecule has 10 aromatic carbocycles. The maximum atomic E-state index is 10.7. The van der Waals surface area contributed by atoms with Crippen molar-refractivity contribution in [1.82, 2.24) is 9.97 Å². The van der Waals surface area contributed by atoms with Crippen LogP contribution in [0.15, 0.2) is 206 Å². The molecule has 0 aliphatic carbocycles. The fourth-order valence-electron chi connectivity index (χ4n) is 9.99. The van der Waals surface area contributed by atoms with Gasteiger partial charge in [-0.25, -0.2) is 9.97 Å². The van der Waals surface area contributed by atoms with Gasteiger partial charge in [-0.05, 0) is 107 Å². The summed E-state index contributed by atoms with van der Waals surface area (Å²) in [4.78, 5) is 10.5. The van der Waals surface area contributed by atoms with Crippen LogP contribution in [0.4, 0.5) is 0 Å². The predicted octanol–water partition coefficient (Wildman–Crippen LogP) is 15.2. The lowest BCUT2D eigenvalue weighted by molar-refractivity contribution is 0.276. The molecule has 0 spiro atoms. The number of methoxy groups -OCH3 is 1. The highest BCUT2D eigenvalue weighted by atomic mass is 16.5. The number of hydrogen-bond acceptors (Lipinski definition) is 4. The quantitative estimate of drug-likeness (QED) is 0.129. The third-order valence-corrected chi connectivity index (χ3v) is 12.9. The largest absolute Gasteiger partial charge is 0.496 e. The van der Waals surface area contributed by atoms with Crippen molar-refractivity contribution in [1.29, 1.82) is 0 Å². The van der Waals surface area contributed by atoms with E-state index in [2.05, 4.69) is 164 Å². The highest BCUT2D eigenvalue weighted by molar-refractivity contribution is 6.25. The summed E-state index contributed by atoms with van der Waals surface area (Å²) < 4.78 is 5.92. The number of rotatable bonds is 7. The molecule has 302 valence electrons. The molecule has 0 bridgehead atoms. The van der Waals surface area contributed by atoms with Crippen LogP contribution in [0.2, 0.25) is 0 Å². The fourth-order valence-corrected chi connectivity index (χ4v) is 9.99. The van der Waals surface area contributed by atoms with E-state index in [0.717, 1.165) is 55.4 Å². The second-order valence-corrected chi connectivity index (χ2v) is 16.4. The molecule has 0 amide bonds. The Labute approximate surface area is 370 Å². The zero-order valence-electron chi connectivity index (χ0n) is 35.1. The molecule has 0 aliphatic rings. The minimum Gasteiger partial charge on any atom is -0.496 e. The first-order valence-corrected chi connectivity index (χ1v) is 21.7. The number of benzene rings is 10. The molecule has 0 atom stereocenters. The van der Waals surface area contributed by atoms with Crippen molar-refractivity contribution in [3.8, 4) is 61.6 Å². The smallest absolute Gasteiger partial charge is 0.134 e. The first-order chi connectivity index (χ1) is 31.7. The molecule has 12 rings (SSSR count). The zero-order valence-corrected chi connectivity index (χ0v) is 35.1. The standard InChI is InChI=1S/C60H40N2O2/c1-64-60-51-31-33-54(39-16-3-2-4-17-39)61-59(51)58-50(53(60)36-63)30-32-55(62-58)42-21-11-20-40(34-42)41-28-29-49-52(35-41)57(46-27-13-19-38-15-6-8-23-44(38)46)48-25-10-9-24-47(48)56(49)45-26-12-18-37-14-5-7-22-43(37)45/h2-35,63H,36H2,1H3. The summed E-state index contributed by atoms with van der Waals surface area (Å²) in [7, 11) is 1.64. The summed E-state index contributed by atoms with van der Waals surface area (Å²) in [5.41, 5.74) is 12.9. The molecule has 0 saturated heterocycles. The van der Waals surface area contributed by atoms with Gasteiger partial charge in [-0.1, -0.05) is 176 Å². The second kappa shape index (κ2) is 15.3. The van der Waals surface area contributed by atoms with Crippen molar-refractivity contribution in [2.45, 2.75) is 6.61 Å². The van der Waals surface area contributed by atoms with E-state index in [1.165, 1.54) is 65.3 Å². The number of fused-ring (bicyclic) bond motifs is 7. The maximum absolute atomic E-state index is 10.7. The molecule has 12 aromatic rings. The van der Waals surface area contributed by atoms with Crippen molar-refractivity contribution < 1.29 is 9.84 Å². The molecule has 0 aliphatic heterocycles. The highest BCUT2D eigenvalue weighted by Gasteiger charge is 2.21. The van der Waals surface area contributed by atoms with Crippen molar-refractivity contribution >= 4 is 64.9 Å². The summed E-state index contributed by atoms with van der Waals surface area (Å²) in [5, 5.41) is 22.0. The molecule has 4 heteroatoms. The van der Waals surface area contributed by atoms with Crippen LogP contribution in [0, 0.1) is 0 Å². The van der Waals surface area contributed by atoms with Gasteiger partial charge in [-0.3, -0.25) is 0 Å². The minimum absolute atomic E-state index is 0.188. The molecular formula is C60H40N2O2. The van der Waals surface area contributed by atoms with Crippen molar-refractivity contribution in [3.63, 3.8) is 0 Å². The van der Waals surface area contributed by atoms with E-state index in [9.17, 15) is 5.11 Å². The molecule has 0 unspecified atom stereocenters. The highest BCUT2D eigenvalue weighted by Crippen LogP contribution is 2.48.